The van der Waals surface area contributed by atoms with Crippen LogP contribution in [0.5, 0.6) is 5.06 Å². The van der Waals surface area contributed by atoms with E-state index in [0.717, 1.165) is 9.27 Å². The molecule has 0 fully saturated rings. The normalized spacial score (nSPS) is 10.3. The van der Waals surface area contributed by atoms with Gasteiger partial charge in [-0.1, -0.05) is 11.3 Å². The molecule has 0 amide bonds. The molecule has 13 heavy (non-hydrogen) atoms. The highest BCUT2D eigenvalue weighted by atomic mass is 32.2. The summed E-state index contributed by atoms with van der Waals surface area (Å²) in [7, 11) is 1.69. The topological polar surface area (TPSA) is 9.23 Å². The summed E-state index contributed by atoms with van der Waals surface area (Å²) in [5.41, 5.74) is 0. The fraction of sp³-hybridized carbons (Fsp3) is 0.111. The first-order valence-corrected chi connectivity index (χ1v) is 5.80. The number of rotatable bonds is 2. The molecule has 0 atom stereocenters. The van der Waals surface area contributed by atoms with Crippen molar-refractivity contribution in [1.29, 1.82) is 0 Å². The van der Waals surface area contributed by atoms with Gasteiger partial charge in [0.2, 0.25) is 0 Å². The van der Waals surface area contributed by atoms with Crippen LogP contribution in [-0.4, -0.2) is 7.11 Å². The molecule has 2 aromatic rings. The summed E-state index contributed by atoms with van der Waals surface area (Å²) in [5.74, 6) is 0. The van der Waals surface area contributed by atoms with Crippen LogP contribution in [0.1, 0.15) is 0 Å². The van der Waals surface area contributed by atoms with Crippen molar-refractivity contribution in [2.75, 3.05) is 7.11 Å². The highest BCUT2D eigenvalue weighted by Crippen LogP contribution is 2.37. The highest BCUT2D eigenvalue weighted by molar-refractivity contribution is 7.83. The summed E-state index contributed by atoms with van der Waals surface area (Å²) >= 11 is 7.61. The Hall–Kier alpha value is -0.450. The molecule has 0 N–H and O–H groups in total. The maximum absolute atomic E-state index is 5.13. The maximum atomic E-state index is 5.13. The lowest BCUT2D eigenvalue weighted by Crippen LogP contribution is -1.73. The lowest BCUT2D eigenvalue weighted by atomic mass is 10.4. The molecular formula is C9H8OS3. The SMILES string of the molecule is COc1ccc(-c2ccc(S)s2)s1. The zero-order valence-corrected chi connectivity index (χ0v) is 9.51. The van der Waals surface area contributed by atoms with Crippen LogP contribution in [0.3, 0.4) is 0 Å². The molecule has 0 radical (unpaired) electrons. The molecule has 0 unspecified atom stereocenters. The second-order valence-electron chi connectivity index (χ2n) is 2.46. The Bertz CT molecular complexity index is 402. The number of methoxy groups -OCH3 is 1. The molecule has 0 aliphatic rings. The Labute approximate surface area is 90.4 Å². The van der Waals surface area contributed by atoms with Crippen LogP contribution in [0.4, 0.5) is 0 Å². The fourth-order valence-corrected chi connectivity index (χ4v) is 3.05. The Kier molecular flexibility index (Phi) is 2.62. The monoisotopic (exact) mass is 228 g/mol. The van der Waals surface area contributed by atoms with Gasteiger partial charge in [0.05, 0.1) is 11.3 Å². The second kappa shape index (κ2) is 3.74. The van der Waals surface area contributed by atoms with Crippen LogP contribution in [0.2, 0.25) is 0 Å². The number of thiophene rings is 2. The van der Waals surface area contributed by atoms with Gasteiger partial charge in [-0.3, -0.25) is 0 Å². The third-order valence-electron chi connectivity index (χ3n) is 1.62. The van der Waals surface area contributed by atoms with Crippen molar-refractivity contribution in [3.8, 4) is 14.8 Å². The fourth-order valence-electron chi connectivity index (χ4n) is 1.02. The van der Waals surface area contributed by atoms with Crippen LogP contribution in [0.25, 0.3) is 9.75 Å². The lowest BCUT2D eigenvalue weighted by Gasteiger charge is -1.90. The first-order valence-electron chi connectivity index (χ1n) is 3.72. The summed E-state index contributed by atoms with van der Waals surface area (Å²) < 4.78 is 6.17. The third kappa shape index (κ3) is 1.90. The molecule has 0 aromatic carbocycles. The van der Waals surface area contributed by atoms with Crippen LogP contribution < -0.4 is 4.74 Å². The highest BCUT2D eigenvalue weighted by Gasteiger charge is 2.04. The third-order valence-corrected chi connectivity index (χ3v) is 4.17. The minimum atomic E-state index is 0.948. The van der Waals surface area contributed by atoms with E-state index < -0.39 is 0 Å². The molecule has 2 rings (SSSR count). The molecule has 0 bridgehead atoms. The van der Waals surface area contributed by atoms with Crippen molar-refractivity contribution in [3.63, 3.8) is 0 Å². The van der Waals surface area contributed by atoms with E-state index >= 15 is 0 Å². The first kappa shape index (κ1) is 9.12. The average molecular weight is 228 g/mol. The van der Waals surface area contributed by atoms with Gasteiger partial charge in [-0.15, -0.1) is 24.0 Å². The zero-order valence-electron chi connectivity index (χ0n) is 6.98. The molecule has 0 spiro atoms. The van der Waals surface area contributed by atoms with Crippen molar-refractivity contribution in [3.05, 3.63) is 24.3 Å². The largest absolute Gasteiger partial charge is 0.487 e. The van der Waals surface area contributed by atoms with Crippen LogP contribution in [0.15, 0.2) is 28.5 Å². The van der Waals surface area contributed by atoms with E-state index in [4.69, 9.17) is 4.74 Å². The zero-order chi connectivity index (χ0) is 9.26. The Morgan fingerprint density at radius 1 is 1.08 bits per heavy atom. The van der Waals surface area contributed by atoms with E-state index in [9.17, 15) is 0 Å². The Balaban J connectivity index is 2.35. The number of ether oxygens (including phenoxy) is 1. The summed E-state index contributed by atoms with van der Waals surface area (Å²) in [6.07, 6.45) is 0. The van der Waals surface area contributed by atoms with Crippen molar-refractivity contribution in [1.82, 2.24) is 0 Å². The van der Waals surface area contributed by atoms with E-state index in [0.29, 0.717) is 0 Å². The molecule has 0 aliphatic carbocycles. The number of hydrogen-bond donors (Lipinski definition) is 1. The van der Waals surface area contributed by atoms with E-state index in [1.807, 2.05) is 12.1 Å². The van der Waals surface area contributed by atoms with Gasteiger partial charge in [0.1, 0.15) is 0 Å². The van der Waals surface area contributed by atoms with Gasteiger partial charge < -0.3 is 4.74 Å². The van der Waals surface area contributed by atoms with Gasteiger partial charge in [0, 0.05) is 9.75 Å². The van der Waals surface area contributed by atoms with Crippen LogP contribution in [0, 0.1) is 0 Å². The predicted molar refractivity (Wildman–Crippen MR) is 61.4 cm³/mol. The van der Waals surface area contributed by atoms with E-state index in [2.05, 4.69) is 24.8 Å². The van der Waals surface area contributed by atoms with Crippen molar-refractivity contribution in [2.24, 2.45) is 0 Å². The molecule has 0 saturated heterocycles. The van der Waals surface area contributed by atoms with Gasteiger partial charge in [0.25, 0.3) is 0 Å². The molecule has 0 aliphatic heterocycles. The molecule has 2 heterocycles. The second-order valence-corrected chi connectivity index (χ2v) is 5.38. The van der Waals surface area contributed by atoms with Crippen molar-refractivity contribution >= 4 is 35.3 Å². The summed E-state index contributed by atoms with van der Waals surface area (Å²) in [5, 5.41) is 0.948. The molecule has 68 valence electrons. The standard InChI is InChI=1S/C9H8OS3/c1-10-8-4-2-6(12-8)7-3-5-9(11)13-7/h2-5,11H,1H3. The Morgan fingerprint density at radius 2 is 1.77 bits per heavy atom. The lowest BCUT2D eigenvalue weighted by molar-refractivity contribution is 0.427. The number of hydrogen-bond acceptors (Lipinski definition) is 4. The summed E-state index contributed by atoms with van der Waals surface area (Å²) in [6.45, 7) is 0. The predicted octanol–water partition coefficient (Wildman–Crippen LogP) is 3.77. The van der Waals surface area contributed by atoms with Gasteiger partial charge in [0.15, 0.2) is 5.06 Å². The van der Waals surface area contributed by atoms with Gasteiger partial charge in [-0.05, 0) is 24.3 Å². The molecular weight excluding hydrogens is 220 g/mol. The minimum Gasteiger partial charge on any atom is -0.487 e. The summed E-state index contributed by atoms with van der Waals surface area (Å²) in [4.78, 5) is 2.49. The first-order chi connectivity index (χ1) is 6.29. The molecule has 2 aromatic heterocycles. The van der Waals surface area contributed by atoms with E-state index in [-0.39, 0.29) is 0 Å². The maximum Gasteiger partial charge on any atom is 0.173 e. The summed E-state index contributed by atoms with van der Waals surface area (Å²) in [6, 6.07) is 8.15. The van der Waals surface area contributed by atoms with Crippen LogP contribution >= 0.6 is 35.3 Å². The minimum absolute atomic E-state index is 0.948. The van der Waals surface area contributed by atoms with Gasteiger partial charge in [-0.2, -0.15) is 0 Å². The molecule has 1 nitrogen and oxygen atoms in total. The van der Waals surface area contributed by atoms with Gasteiger partial charge in [-0.25, -0.2) is 0 Å². The smallest absolute Gasteiger partial charge is 0.173 e. The average Bonchev–Trinajstić information content (AvgIpc) is 2.71. The van der Waals surface area contributed by atoms with Crippen molar-refractivity contribution < 1.29 is 4.74 Å². The molecule has 4 heteroatoms. The van der Waals surface area contributed by atoms with Crippen molar-refractivity contribution in [2.45, 2.75) is 4.21 Å². The van der Waals surface area contributed by atoms with E-state index in [1.54, 1.807) is 29.8 Å². The van der Waals surface area contributed by atoms with Crippen LogP contribution in [-0.2, 0) is 0 Å². The van der Waals surface area contributed by atoms with E-state index in [1.165, 1.54) is 9.75 Å². The number of thiol groups is 1. The quantitative estimate of drug-likeness (QED) is 0.770. The van der Waals surface area contributed by atoms with Gasteiger partial charge >= 0.3 is 0 Å². The Morgan fingerprint density at radius 3 is 2.31 bits per heavy atom. The molecule has 0 saturated carbocycles.